The Hall–Kier alpha value is -1.76. The Bertz CT molecular complexity index is 803. The summed E-state index contributed by atoms with van der Waals surface area (Å²) in [4.78, 5) is 0. The van der Waals surface area contributed by atoms with Crippen molar-refractivity contribution in [3.8, 4) is 5.75 Å². The fourth-order valence-electron chi connectivity index (χ4n) is 1.92. The molecule has 2 aromatic rings. The summed E-state index contributed by atoms with van der Waals surface area (Å²) < 4.78 is 63.0. The van der Waals surface area contributed by atoms with Crippen molar-refractivity contribution in [2.75, 3.05) is 0 Å². The lowest BCUT2D eigenvalue weighted by molar-refractivity contribution is -0.0500. The van der Waals surface area contributed by atoms with Gasteiger partial charge in [-0.15, -0.1) is 0 Å². The number of halogens is 3. The fraction of sp³-hybridized carbons (Fsp3) is 0.333. The number of hydrogen-bond acceptors (Lipinski definition) is 3. The van der Waals surface area contributed by atoms with E-state index in [0.29, 0.717) is 5.39 Å². The van der Waals surface area contributed by atoms with Gasteiger partial charge in [0.1, 0.15) is 5.75 Å². The molecule has 3 nitrogen and oxygen atoms in total. The van der Waals surface area contributed by atoms with Crippen molar-refractivity contribution in [2.45, 2.75) is 31.7 Å². The number of rotatable bonds is 2. The molecule has 0 radical (unpaired) electrons. The van der Waals surface area contributed by atoms with Crippen molar-refractivity contribution in [1.82, 2.24) is 0 Å². The SMILES string of the molecule is CC(C)(C)c1ccc2cc(OS(=O)(=O)C(F)(F)F)ccc2c1. The molecule has 0 aliphatic carbocycles. The molecule has 0 N–H and O–H groups in total. The van der Waals surface area contributed by atoms with Crippen LogP contribution in [0.15, 0.2) is 36.4 Å². The van der Waals surface area contributed by atoms with Gasteiger partial charge in [0.15, 0.2) is 0 Å². The molecule has 22 heavy (non-hydrogen) atoms. The molecule has 0 amide bonds. The van der Waals surface area contributed by atoms with Gasteiger partial charge < -0.3 is 4.18 Å². The predicted octanol–water partition coefficient (Wildman–Crippen LogP) is 4.37. The largest absolute Gasteiger partial charge is 0.534 e. The quantitative estimate of drug-likeness (QED) is 0.606. The van der Waals surface area contributed by atoms with E-state index < -0.39 is 15.6 Å². The van der Waals surface area contributed by atoms with E-state index in [2.05, 4.69) is 4.18 Å². The number of benzene rings is 2. The van der Waals surface area contributed by atoms with Gasteiger partial charge in [0.2, 0.25) is 0 Å². The Balaban J connectivity index is 2.41. The van der Waals surface area contributed by atoms with Gasteiger partial charge in [-0.2, -0.15) is 21.6 Å². The van der Waals surface area contributed by atoms with Crippen molar-refractivity contribution in [2.24, 2.45) is 0 Å². The van der Waals surface area contributed by atoms with Gasteiger partial charge in [0, 0.05) is 0 Å². The Kier molecular flexibility index (Phi) is 3.89. The molecule has 120 valence electrons. The van der Waals surface area contributed by atoms with E-state index in [9.17, 15) is 21.6 Å². The van der Waals surface area contributed by atoms with Gasteiger partial charge in [-0.25, -0.2) is 0 Å². The second-order valence-corrected chi connectivity index (χ2v) is 7.49. The second kappa shape index (κ2) is 5.15. The lowest BCUT2D eigenvalue weighted by Gasteiger charge is -2.19. The Morgan fingerprint density at radius 3 is 2.00 bits per heavy atom. The third-order valence-corrected chi connectivity index (χ3v) is 4.15. The molecule has 0 heterocycles. The average Bonchev–Trinajstić information content (AvgIpc) is 2.35. The summed E-state index contributed by atoms with van der Waals surface area (Å²) in [6.07, 6.45) is 0. The topological polar surface area (TPSA) is 43.4 Å². The van der Waals surface area contributed by atoms with Crippen molar-refractivity contribution < 1.29 is 25.8 Å². The monoisotopic (exact) mass is 332 g/mol. The summed E-state index contributed by atoms with van der Waals surface area (Å²) in [7, 11) is -5.65. The van der Waals surface area contributed by atoms with E-state index in [4.69, 9.17) is 0 Å². The number of alkyl halides is 3. The van der Waals surface area contributed by atoms with Crippen LogP contribution in [0.1, 0.15) is 26.3 Å². The molecular weight excluding hydrogens is 317 g/mol. The first-order valence-electron chi connectivity index (χ1n) is 6.45. The Labute approximate surface area is 126 Å². The summed E-state index contributed by atoms with van der Waals surface area (Å²) in [6, 6.07) is 9.50. The highest BCUT2D eigenvalue weighted by molar-refractivity contribution is 7.88. The van der Waals surface area contributed by atoms with E-state index in [0.717, 1.165) is 10.9 Å². The summed E-state index contributed by atoms with van der Waals surface area (Å²) in [5, 5.41) is 1.40. The van der Waals surface area contributed by atoms with E-state index in [1.807, 2.05) is 32.9 Å². The van der Waals surface area contributed by atoms with Crippen molar-refractivity contribution in [1.29, 1.82) is 0 Å². The van der Waals surface area contributed by atoms with Gasteiger partial charge >= 0.3 is 15.6 Å². The molecule has 2 aromatic carbocycles. The molecule has 0 bridgehead atoms. The smallest absolute Gasteiger partial charge is 0.376 e. The van der Waals surface area contributed by atoms with Crippen LogP contribution < -0.4 is 4.18 Å². The molecule has 0 aliphatic heterocycles. The Morgan fingerprint density at radius 1 is 0.909 bits per heavy atom. The minimum absolute atomic E-state index is 0.0665. The van der Waals surface area contributed by atoms with Crippen LogP contribution in [-0.2, 0) is 15.5 Å². The van der Waals surface area contributed by atoms with Crippen LogP contribution in [-0.4, -0.2) is 13.9 Å². The molecular formula is C15H15F3O3S. The lowest BCUT2D eigenvalue weighted by atomic mass is 9.86. The van der Waals surface area contributed by atoms with E-state index >= 15 is 0 Å². The maximum atomic E-state index is 12.3. The minimum Gasteiger partial charge on any atom is -0.376 e. The van der Waals surface area contributed by atoms with Gasteiger partial charge in [0.25, 0.3) is 0 Å². The maximum Gasteiger partial charge on any atom is 0.534 e. The normalized spacial score (nSPS) is 13.4. The van der Waals surface area contributed by atoms with Crippen LogP contribution in [0.2, 0.25) is 0 Å². The van der Waals surface area contributed by atoms with Gasteiger partial charge in [-0.3, -0.25) is 0 Å². The second-order valence-electron chi connectivity index (χ2n) is 5.96. The van der Waals surface area contributed by atoms with Crippen molar-refractivity contribution in [3.05, 3.63) is 42.0 Å². The van der Waals surface area contributed by atoms with E-state index in [1.54, 1.807) is 6.07 Å². The van der Waals surface area contributed by atoms with Crippen LogP contribution >= 0.6 is 0 Å². The standard InChI is InChI=1S/C15H15F3O3S/c1-14(2,3)12-6-4-11-9-13(7-5-10(11)8-12)21-22(19,20)15(16,17)18/h4-9H,1-3H3. The molecule has 0 unspecified atom stereocenters. The highest BCUT2D eigenvalue weighted by atomic mass is 32.2. The maximum absolute atomic E-state index is 12.3. The number of hydrogen-bond donors (Lipinski definition) is 0. The van der Waals surface area contributed by atoms with Crippen molar-refractivity contribution in [3.63, 3.8) is 0 Å². The summed E-state index contributed by atoms with van der Waals surface area (Å²) in [5.74, 6) is -0.367. The minimum atomic E-state index is -5.65. The zero-order valence-electron chi connectivity index (χ0n) is 12.2. The van der Waals surface area contributed by atoms with Crippen LogP contribution in [0, 0.1) is 0 Å². The molecule has 2 rings (SSSR count). The molecule has 0 saturated carbocycles. The first-order valence-corrected chi connectivity index (χ1v) is 7.86. The average molecular weight is 332 g/mol. The fourth-order valence-corrected chi connectivity index (χ4v) is 2.37. The highest BCUT2D eigenvalue weighted by Crippen LogP contribution is 2.31. The van der Waals surface area contributed by atoms with Crippen LogP contribution in [0.4, 0.5) is 13.2 Å². The molecule has 0 atom stereocenters. The summed E-state index contributed by atoms with van der Waals surface area (Å²) >= 11 is 0. The molecule has 0 aliphatic rings. The van der Waals surface area contributed by atoms with Crippen LogP contribution in [0.25, 0.3) is 10.8 Å². The summed E-state index contributed by atoms with van der Waals surface area (Å²) in [6.45, 7) is 6.13. The lowest BCUT2D eigenvalue weighted by Crippen LogP contribution is -2.28. The highest BCUT2D eigenvalue weighted by Gasteiger charge is 2.48. The Morgan fingerprint density at radius 2 is 1.45 bits per heavy atom. The van der Waals surface area contributed by atoms with Crippen LogP contribution in [0.3, 0.4) is 0 Å². The first-order chi connectivity index (χ1) is 9.90. The summed E-state index contributed by atoms with van der Waals surface area (Å²) in [5.41, 5.74) is -4.45. The third kappa shape index (κ3) is 3.35. The predicted molar refractivity (Wildman–Crippen MR) is 78.3 cm³/mol. The van der Waals surface area contributed by atoms with Gasteiger partial charge in [-0.1, -0.05) is 45.0 Å². The molecule has 0 fully saturated rings. The number of fused-ring (bicyclic) bond motifs is 1. The van der Waals surface area contributed by atoms with Crippen LogP contribution in [0.5, 0.6) is 5.75 Å². The first kappa shape index (κ1) is 16.6. The van der Waals surface area contributed by atoms with Gasteiger partial charge in [-0.05, 0) is 33.9 Å². The van der Waals surface area contributed by atoms with E-state index in [1.165, 1.54) is 18.2 Å². The zero-order valence-corrected chi connectivity index (χ0v) is 13.0. The van der Waals surface area contributed by atoms with E-state index in [-0.39, 0.29) is 11.2 Å². The van der Waals surface area contributed by atoms with Crippen molar-refractivity contribution >= 4 is 20.9 Å². The zero-order chi connectivity index (χ0) is 16.8. The molecule has 7 heteroatoms. The van der Waals surface area contributed by atoms with Gasteiger partial charge in [0.05, 0.1) is 0 Å². The third-order valence-electron chi connectivity index (χ3n) is 3.17. The molecule has 0 aromatic heterocycles. The molecule has 0 saturated heterocycles. The molecule has 0 spiro atoms.